The van der Waals surface area contributed by atoms with Crippen molar-refractivity contribution in [3.05, 3.63) is 38.4 Å². The lowest BCUT2D eigenvalue weighted by Crippen LogP contribution is -2.14. The molecule has 1 aromatic carbocycles. The molecule has 0 saturated carbocycles. The van der Waals surface area contributed by atoms with Crippen molar-refractivity contribution in [2.45, 2.75) is 19.4 Å². The van der Waals surface area contributed by atoms with E-state index in [1.54, 1.807) is 0 Å². The van der Waals surface area contributed by atoms with E-state index in [1.807, 2.05) is 0 Å². The zero-order valence-corrected chi connectivity index (χ0v) is 16.3. The van der Waals surface area contributed by atoms with Gasteiger partial charge in [0.05, 0.1) is 17.7 Å². The van der Waals surface area contributed by atoms with Crippen LogP contribution in [0.15, 0.2) is 23.2 Å². The third-order valence-electron chi connectivity index (χ3n) is 4.06. The number of fused-ring (bicyclic) bond motifs is 1. The van der Waals surface area contributed by atoms with Crippen molar-refractivity contribution < 1.29 is 28.9 Å². The van der Waals surface area contributed by atoms with E-state index in [4.69, 9.17) is 22.1 Å². The Morgan fingerprint density at radius 3 is 2.86 bits per heavy atom. The van der Waals surface area contributed by atoms with E-state index < -0.39 is 17.8 Å². The van der Waals surface area contributed by atoms with E-state index in [0.717, 1.165) is 11.3 Å². The van der Waals surface area contributed by atoms with Crippen molar-refractivity contribution in [2.24, 2.45) is 4.99 Å². The number of aliphatic carboxylic acids is 1. The van der Waals surface area contributed by atoms with Crippen LogP contribution in [-0.4, -0.2) is 39.5 Å². The number of aromatic hydroxyl groups is 1. The topological polar surface area (TPSA) is 101 Å². The number of carboxylic acids is 1. The van der Waals surface area contributed by atoms with Crippen LogP contribution < -0.4 is 0 Å². The highest BCUT2D eigenvalue weighted by Gasteiger charge is 2.28. The highest BCUT2D eigenvalue weighted by molar-refractivity contribution is 7.73. The van der Waals surface area contributed by atoms with Gasteiger partial charge in [-0.25, -0.2) is 14.2 Å². The summed E-state index contributed by atoms with van der Waals surface area (Å²) in [6.45, 7) is 0.236. The van der Waals surface area contributed by atoms with E-state index >= 15 is 0 Å². The zero-order chi connectivity index (χ0) is 20.4. The quantitative estimate of drug-likeness (QED) is 0.543. The number of rotatable bonds is 6. The Kier molecular flexibility index (Phi) is 5.71. The Morgan fingerprint density at radius 1 is 1.43 bits per heavy atom. The van der Waals surface area contributed by atoms with Crippen LogP contribution in [0.2, 0.25) is 0 Å². The van der Waals surface area contributed by atoms with Gasteiger partial charge in [-0.05, 0) is 42.9 Å². The molecule has 2 heterocycles. The normalized spacial score (nSPS) is 14.1. The van der Waals surface area contributed by atoms with Crippen LogP contribution in [0.4, 0.5) is 10.1 Å². The molecule has 3 rings (SSSR count). The summed E-state index contributed by atoms with van der Waals surface area (Å²) < 4.78 is 20.3. The van der Waals surface area contributed by atoms with E-state index in [-0.39, 0.29) is 24.6 Å². The molecule has 0 saturated heterocycles. The molecule has 0 atom stereocenters. The summed E-state index contributed by atoms with van der Waals surface area (Å²) >= 11 is 6.34. The van der Waals surface area contributed by atoms with Gasteiger partial charge in [-0.2, -0.15) is 0 Å². The lowest BCUT2D eigenvalue weighted by Gasteiger charge is -2.05. The fraction of sp³-hybridized carbons (Fsp3) is 0.222. The maximum absolute atomic E-state index is 13.7. The van der Waals surface area contributed by atoms with Gasteiger partial charge < -0.3 is 14.9 Å². The molecule has 0 amide bonds. The van der Waals surface area contributed by atoms with Crippen molar-refractivity contribution >= 4 is 58.5 Å². The Bertz CT molecular complexity index is 1080. The summed E-state index contributed by atoms with van der Waals surface area (Å²) in [6.07, 6.45) is 1.75. The lowest BCUT2D eigenvalue weighted by molar-refractivity contribution is -0.137. The first kappa shape index (κ1) is 19.9. The van der Waals surface area contributed by atoms with Crippen molar-refractivity contribution in [1.82, 2.24) is 4.57 Å². The van der Waals surface area contributed by atoms with Crippen LogP contribution in [0.1, 0.15) is 23.3 Å². The average Bonchev–Trinajstić information content (AvgIpc) is 3.13. The minimum Gasteiger partial charge on any atom is -0.493 e. The van der Waals surface area contributed by atoms with Gasteiger partial charge in [-0.15, -0.1) is 11.3 Å². The number of carboxylic acid groups (broad SMARTS) is 1. The van der Waals surface area contributed by atoms with Crippen molar-refractivity contribution in [3.8, 4) is 5.88 Å². The number of nitrogens with zero attached hydrogens (tertiary/aromatic N) is 2. The molecular weight excluding hydrogens is 407 g/mol. The monoisotopic (exact) mass is 422 g/mol. The van der Waals surface area contributed by atoms with Gasteiger partial charge >= 0.3 is 11.9 Å². The van der Waals surface area contributed by atoms with Crippen LogP contribution in [0.3, 0.4) is 0 Å². The Labute approximate surface area is 168 Å². The standard InChI is InChI=1S/C18H15FN2O5S2/c1-26-17(25)15-11(10-7-9(19)4-5-12(10)20-15)8-13-16(24)21(18(27)28-13)6-2-3-14(22)23/h4-5,7-8,24H,2-3,6H2,1H3,(H,22,23). The molecule has 7 nitrogen and oxygen atoms in total. The van der Waals surface area contributed by atoms with Gasteiger partial charge in [-0.1, -0.05) is 0 Å². The fourth-order valence-corrected chi connectivity index (χ4v) is 4.05. The SMILES string of the molecule is COC(=O)C1=Nc2ccc(F)cc2C1=Cc1sc(=S)n(CCCC(=O)O)c1O. The van der Waals surface area contributed by atoms with Gasteiger partial charge in [0.15, 0.2) is 9.67 Å². The second kappa shape index (κ2) is 8.03. The maximum Gasteiger partial charge on any atom is 0.357 e. The molecule has 146 valence electrons. The summed E-state index contributed by atoms with van der Waals surface area (Å²) in [5.41, 5.74) is 1.12. The largest absolute Gasteiger partial charge is 0.493 e. The van der Waals surface area contributed by atoms with Gasteiger partial charge in [0.1, 0.15) is 5.82 Å². The summed E-state index contributed by atoms with van der Waals surface area (Å²) in [7, 11) is 1.21. The minimum absolute atomic E-state index is 0.000699. The number of hydrogen-bond donors (Lipinski definition) is 2. The van der Waals surface area contributed by atoms with Gasteiger partial charge in [0.2, 0.25) is 5.88 Å². The first-order valence-corrected chi connectivity index (χ1v) is 9.37. The molecular formula is C18H15FN2O5S2. The number of halogens is 1. The van der Waals surface area contributed by atoms with E-state index in [9.17, 15) is 19.1 Å². The molecule has 2 N–H and O–H groups in total. The van der Waals surface area contributed by atoms with Crippen LogP contribution in [0, 0.1) is 9.77 Å². The average molecular weight is 422 g/mol. The highest BCUT2D eigenvalue weighted by Crippen LogP contribution is 2.39. The smallest absolute Gasteiger partial charge is 0.357 e. The summed E-state index contributed by atoms with van der Waals surface area (Å²) in [5, 5.41) is 19.3. The van der Waals surface area contributed by atoms with Crippen LogP contribution >= 0.6 is 23.6 Å². The fourth-order valence-electron chi connectivity index (χ4n) is 2.75. The molecule has 28 heavy (non-hydrogen) atoms. The molecule has 0 unspecified atom stereocenters. The molecule has 0 aliphatic carbocycles. The zero-order valence-electron chi connectivity index (χ0n) is 14.6. The first-order valence-electron chi connectivity index (χ1n) is 8.15. The number of benzene rings is 1. The van der Waals surface area contributed by atoms with E-state index in [2.05, 4.69) is 4.99 Å². The predicted molar refractivity (Wildman–Crippen MR) is 105 cm³/mol. The van der Waals surface area contributed by atoms with Gasteiger partial charge in [0, 0.05) is 24.1 Å². The number of hydrogen-bond acceptors (Lipinski definition) is 7. The van der Waals surface area contributed by atoms with Crippen molar-refractivity contribution in [2.75, 3.05) is 7.11 Å². The number of aromatic nitrogens is 1. The Morgan fingerprint density at radius 2 is 2.18 bits per heavy atom. The van der Waals surface area contributed by atoms with Crippen LogP contribution in [0.25, 0.3) is 11.6 Å². The van der Waals surface area contributed by atoms with Crippen LogP contribution in [0.5, 0.6) is 5.88 Å². The number of thiazole rings is 1. The summed E-state index contributed by atoms with van der Waals surface area (Å²) in [6, 6.07) is 3.94. The molecule has 0 bridgehead atoms. The second-order valence-electron chi connectivity index (χ2n) is 5.88. The predicted octanol–water partition coefficient (Wildman–Crippen LogP) is 3.79. The maximum atomic E-state index is 13.7. The molecule has 1 aliphatic heterocycles. The Hall–Kier alpha value is -2.85. The lowest BCUT2D eigenvalue weighted by atomic mass is 10.0. The molecule has 2 aromatic rings. The number of carbonyl (C=O) groups excluding carboxylic acids is 1. The first-order chi connectivity index (χ1) is 13.3. The summed E-state index contributed by atoms with van der Waals surface area (Å²) in [5.74, 6) is -2.27. The Balaban J connectivity index is 2.03. The number of aliphatic imine (C=N–C) groups is 1. The molecule has 10 heteroatoms. The number of ether oxygens (including phenoxy) is 1. The van der Waals surface area contributed by atoms with Crippen molar-refractivity contribution in [3.63, 3.8) is 0 Å². The summed E-state index contributed by atoms with van der Waals surface area (Å²) in [4.78, 5) is 27.3. The third kappa shape index (κ3) is 3.87. The number of carbonyl (C=O) groups is 2. The van der Waals surface area contributed by atoms with E-state index in [1.165, 1.54) is 36.0 Å². The molecule has 0 spiro atoms. The van der Waals surface area contributed by atoms with E-state index in [0.29, 0.717) is 32.1 Å². The van der Waals surface area contributed by atoms with Crippen LogP contribution in [-0.2, 0) is 20.9 Å². The number of esters is 1. The van der Waals surface area contributed by atoms with Gasteiger partial charge in [-0.3, -0.25) is 9.36 Å². The molecule has 1 aliphatic rings. The highest BCUT2D eigenvalue weighted by atomic mass is 32.1. The molecule has 0 radical (unpaired) electrons. The number of methoxy groups -OCH3 is 1. The second-order valence-corrected chi connectivity index (χ2v) is 7.55. The molecule has 1 aromatic heterocycles. The third-order valence-corrected chi connectivity index (χ3v) is 5.44. The molecule has 0 fully saturated rings. The van der Waals surface area contributed by atoms with Gasteiger partial charge in [0.25, 0.3) is 0 Å². The minimum atomic E-state index is -0.938. The van der Waals surface area contributed by atoms with Crippen molar-refractivity contribution in [1.29, 1.82) is 0 Å².